The molecular weight excluding hydrogens is 395 g/mol. The summed E-state index contributed by atoms with van der Waals surface area (Å²) >= 11 is 11.8. The zero-order valence-corrected chi connectivity index (χ0v) is 16.5. The van der Waals surface area contributed by atoms with E-state index in [4.69, 9.17) is 23.2 Å². The van der Waals surface area contributed by atoms with Gasteiger partial charge in [-0.15, -0.1) is 0 Å². The number of carbonyl (C=O) groups is 1. The summed E-state index contributed by atoms with van der Waals surface area (Å²) < 4.78 is 27.7. The number of amides is 1. The van der Waals surface area contributed by atoms with Gasteiger partial charge in [-0.25, -0.2) is 8.42 Å². The van der Waals surface area contributed by atoms with Gasteiger partial charge in [-0.2, -0.15) is 0 Å². The summed E-state index contributed by atoms with van der Waals surface area (Å²) in [5.74, 6) is 0.100. The van der Waals surface area contributed by atoms with E-state index in [9.17, 15) is 13.2 Å². The highest BCUT2D eigenvalue weighted by Gasteiger charge is 2.24. The Bertz CT molecular complexity index is 961. The third-order valence-corrected chi connectivity index (χ3v) is 6.30. The van der Waals surface area contributed by atoms with Crippen LogP contribution in [0.15, 0.2) is 41.3 Å². The summed E-state index contributed by atoms with van der Waals surface area (Å²) in [6.07, 6.45) is 1.88. The first kappa shape index (κ1) is 19.0. The van der Waals surface area contributed by atoms with Gasteiger partial charge < -0.3 is 4.90 Å². The maximum Gasteiger partial charge on any atom is 0.261 e. The number of carbonyl (C=O) groups excluding carboxylic acids is 1. The standard InChI is InChI=1S/C18H18Cl2N2O3S/c1-2-9-22-17-7-4-13(10-12(17)3-8-18(22)23)21-26(24,25)14-5-6-15(19)16(20)11-14/h4-7,10-11,21H,2-3,8-9H2,1H3. The third kappa shape index (κ3) is 3.82. The summed E-state index contributed by atoms with van der Waals surface area (Å²) in [4.78, 5) is 13.9. The lowest BCUT2D eigenvalue weighted by molar-refractivity contribution is -0.118. The molecule has 1 heterocycles. The van der Waals surface area contributed by atoms with Crippen LogP contribution < -0.4 is 9.62 Å². The highest BCUT2D eigenvalue weighted by Crippen LogP contribution is 2.32. The average Bonchev–Trinajstić information content (AvgIpc) is 2.59. The van der Waals surface area contributed by atoms with Crippen LogP contribution in [-0.4, -0.2) is 20.9 Å². The lowest BCUT2D eigenvalue weighted by atomic mass is 10.0. The largest absolute Gasteiger partial charge is 0.312 e. The summed E-state index contributed by atoms with van der Waals surface area (Å²) in [5.41, 5.74) is 2.24. The first-order chi connectivity index (χ1) is 12.3. The Morgan fingerprint density at radius 3 is 2.54 bits per heavy atom. The molecular formula is C18H18Cl2N2O3S. The quantitative estimate of drug-likeness (QED) is 0.786. The Kier molecular flexibility index (Phi) is 5.46. The minimum atomic E-state index is -3.79. The van der Waals surface area contributed by atoms with Crippen LogP contribution in [0.2, 0.25) is 10.0 Å². The van der Waals surface area contributed by atoms with E-state index in [1.54, 1.807) is 23.1 Å². The van der Waals surface area contributed by atoms with Crippen molar-refractivity contribution >= 4 is 50.5 Å². The van der Waals surface area contributed by atoms with Gasteiger partial charge in [0.05, 0.1) is 14.9 Å². The van der Waals surface area contributed by atoms with Crippen LogP contribution in [-0.2, 0) is 21.2 Å². The van der Waals surface area contributed by atoms with Gasteiger partial charge in [-0.1, -0.05) is 30.1 Å². The Morgan fingerprint density at radius 2 is 1.85 bits per heavy atom. The molecule has 8 heteroatoms. The molecule has 1 aliphatic heterocycles. The average molecular weight is 413 g/mol. The Morgan fingerprint density at radius 1 is 1.08 bits per heavy atom. The molecule has 0 saturated heterocycles. The molecule has 0 fully saturated rings. The molecule has 0 unspecified atom stereocenters. The van der Waals surface area contributed by atoms with Crippen LogP contribution in [0.1, 0.15) is 25.3 Å². The minimum Gasteiger partial charge on any atom is -0.312 e. The van der Waals surface area contributed by atoms with E-state index in [1.165, 1.54) is 18.2 Å². The zero-order chi connectivity index (χ0) is 18.9. The van der Waals surface area contributed by atoms with E-state index in [0.29, 0.717) is 30.1 Å². The highest BCUT2D eigenvalue weighted by molar-refractivity contribution is 7.92. The van der Waals surface area contributed by atoms with Crippen LogP contribution >= 0.6 is 23.2 Å². The molecule has 0 aromatic heterocycles. The molecule has 1 N–H and O–H groups in total. The molecule has 0 spiro atoms. The first-order valence-electron chi connectivity index (χ1n) is 8.23. The molecule has 2 aromatic carbocycles. The zero-order valence-electron chi connectivity index (χ0n) is 14.1. The summed E-state index contributed by atoms with van der Waals surface area (Å²) in [7, 11) is -3.79. The van der Waals surface area contributed by atoms with Crippen molar-refractivity contribution in [2.75, 3.05) is 16.2 Å². The molecule has 2 aromatic rings. The van der Waals surface area contributed by atoms with Gasteiger partial charge in [0, 0.05) is 24.3 Å². The number of aryl methyl sites for hydroxylation is 1. The summed E-state index contributed by atoms with van der Waals surface area (Å²) in [6.45, 7) is 2.67. The Hall–Kier alpha value is -1.76. The smallest absolute Gasteiger partial charge is 0.261 e. The number of hydrogen-bond acceptors (Lipinski definition) is 3. The number of sulfonamides is 1. The van der Waals surface area contributed by atoms with E-state index in [2.05, 4.69) is 4.72 Å². The van der Waals surface area contributed by atoms with Gasteiger partial charge in [-0.05, 0) is 54.8 Å². The number of nitrogens with zero attached hydrogens (tertiary/aromatic N) is 1. The SMILES string of the molecule is CCCN1C(=O)CCc2cc(NS(=O)(=O)c3ccc(Cl)c(Cl)c3)ccc21. The highest BCUT2D eigenvalue weighted by atomic mass is 35.5. The fourth-order valence-corrected chi connectivity index (χ4v) is 4.39. The molecule has 0 bridgehead atoms. The van der Waals surface area contributed by atoms with Crippen molar-refractivity contribution in [2.45, 2.75) is 31.1 Å². The Labute approximate surface area is 163 Å². The van der Waals surface area contributed by atoms with E-state index in [-0.39, 0.29) is 15.8 Å². The number of anilines is 2. The van der Waals surface area contributed by atoms with Gasteiger partial charge in [0.15, 0.2) is 0 Å². The van der Waals surface area contributed by atoms with Crippen molar-refractivity contribution < 1.29 is 13.2 Å². The normalized spacial score (nSPS) is 14.3. The number of benzene rings is 2. The van der Waals surface area contributed by atoms with Crippen molar-refractivity contribution in [2.24, 2.45) is 0 Å². The lowest BCUT2D eigenvalue weighted by Gasteiger charge is -2.29. The maximum atomic E-state index is 12.6. The van der Waals surface area contributed by atoms with Crippen molar-refractivity contribution in [3.05, 3.63) is 52.0 Å². The predicted molar refractivity (Wildman–Crippen MR) is 105 cm³/mol. The molecule has 26 heavy (non-hydrogen) atoms. The number of halogens is 2. The topological polar surface area (TPSA) is 66.5 Å². The van der Waals surface area contributed by atoms with Crippen LogP contribution in [0.4, 0.5) is 11.4 Å². The number of hydrogen-bond donors (Lipinski definition) is 1. The second kappa shape index (κ2) is 7.47. The first-order valence-corrected chi connectivity index (χ1v) is 10.5. The van der Waals surface area contributed by atoms with E-state index in [1.807, 2.05) is 6.92 Å². The maximum absolute atomic E-state index is 12.6. The van der Waals surface area contributed by atoms with Gasteiger partial charge in [0.25, 0.3) is 10.0 Å². The Balaban J connectivity index is 1.89. The molecule has 138 valence electrons. The van der Waals surface area contributed by atoms with Crippen molar-refractivity contribution in [3.63, 3.8) is 0 Å². The molecule has 5 nitrogen and oxygen atoms in total. The second-order valence-electron chi connectivity index (χ2n) is 6.07. The fraction of sp³-hybridized carbons (Fsp3) is 0.278. The van der Waals surface area contributed by atoms with Crippen LogP contribution in [0, 0.1) is 0 Å². The summed E-state index contributed by atoms with van der Waals surface area (Å²) in [5, 5.41) is 0.466. The van der Waals surface area contributed by atoms with E-state index in [0.717, 1.165) is 17.7 Å². The lowest BCUT2D eigenvalue weighted by Crippen LogP contribution is -2.35. The van der Waals surface area contributed by atoms with E-state index >= 15 is 0 Å². The van der Waals surface area contributed by atoms with Crippen molar-refractivity contribution in [1.29, 1.82) is 0 Å². The van der Waals surface area contributed by atoms with Crippen LogP contribution in [0.3, 0.4) is 0 Å². The van der Waals surface area contributed by atoms with E-state index < -0.39 is 10.0 Å². The molecule has 0 aliphatic carbocycles. The van der Waals surface area contributed by atoms with Gasteiger partial charge in [-0.3, -0.25) is 9.52 Å². The molecule has 0 atom stereocenters. The molecule has 3 rings (SSSR count). The fourth-order valence-electron chi connectivity index (χ4n) is 2.95. The van der Waals surface area contributed by atoms with Crippen molar-refractivity contribution in [1.82, 2.24) is 0 Å². The number of rotatable bonds is 5. The van der Waals surface area contributed by atoms with Gasteiger partial charge >= 0.3 is 0 Å². The van der Waals surface area contributed by atoms with Gasteiger partial charge in [0.2, 0.25) is 5.91 Å². The monoisotopic (exact) mass is 412 g/mol. The molecule has 0 saturated carbocycles. The number of fused-ring (bicyclic) bond motifs is 1. The summed E-state index contributed by atoms with van der Waals surface area (Å²) in [6, 6.07) is 9.38. The second-order valence-corrected chi connectivity index (χ2v) is 8.57. The number of nitrogens with one attached hydrogen (secondary N) is 1. The van der Waals surface area contributed by atoms with Crippen molar-refractivity contribution in [3.8, 4) is 0 Å². The molecule has 1 amide bonds. The predicted octanol–water partition coefficient (Wildman–Crippen LogP) is 4.48. The third-order valence-electron chi connectivity index (χ3n) is 4.18. The van der Waals surface area contributed by atoms with Crippen LogP contribution in [0.5, 0.6) is 0 Å². The molecule has 0 radical (unpaired) electrons. The van der Waals surface area contributed by atoms with Crippen LogP contribution in [0.25, 0.3) is 0 Å². The minimum absolute atomic E-state index is 0.0346. The van der Waals surface area contributed by atoms with Gasteiger partial charge in [0.1, 0.15) is 0 Å². The molecule has 1 aliphatic rings.